The molecule has 31 heavy (non-hydrogen) atoms. The minimum Gasteiger partial charge on any atom is -0.374 e. The summed E-state index contributed by atoms with van der Waals surface area (Å²) in [4.78, 5) is 30.8. The lowest BCUT2D eigenvalue weighted by molar-refractivity contribution is -0.119. The average molecular weight is 439 g/mol. The number of nitrogens with zero attached hydrogens (tertiary/aromatic N) is 2. The van der Waals surface area contributed by atoms with Crippen LogP contribution in [0.4, 0.5) is 36.3 Å². The molecule has 1 heterocycles. The van der Waals surface area contributed by atoms with Crippen molar-refractivity contribution in [3.8, 4) is 0 Å². The van der Waals surface area contributed by atoms with Gasteiger partial charge in [-0.3, -0.25) is 9.59 Å². The van der Waals surface area contributed by atoms with Gasteiger partial charge in [0.25, 0.3) is 5.91 Å². The van der Waals surface area contributed by atoms with E-state index in [2.05, 4.69) is 20.6 Å². The summed E-state index contributed by atoms with van der Waals surface area (Å²) in [5, 5.41) is 7.93. The Morgan fingerprint density at radius 1 is 1.10 bits per heavy atom. The van der Waals surface area contributed by atoms with Gasteiger partial charge in [-0.25, -0.2) is 4.98 Å². The number of nitrogens with two attached hydrogens (primary N) is 2. The highest BCUT2D eigenvalue weighted by Gasteiger charge is 2.28. The molecule has 9 nitrogen and oxygen atoms in total. The van der Waals surface area contributed by atoms with E-state index in [0.717, 1.165) is 6.20 Å². The Balaban J connectivity index is 2.13. The van der Waals surface area contributed by atoms with Gasteiger partial charge in [0.15, 0.2) is 0 Å². The van der Waals surface area contributed by atoms with Gasteiger partial charge < -0.3 is 27.4 Å². The number of nitrogens with one attached hydrogen (secondary N) is 3. The SMILES string of the molecule is CC(C)C[C@H](Nc1ccc(Nc2ncc(C(N)=O)c(NCC(F)(F)F)n2)cc1)C(N)=O. The van der Waals surface area contributed by atoms with E-state index >= 15 is 0 Å². The first-order valence-corrected chi connectivity index (χ1v) is 9.35. The first-order chi connectivity index (χ1) is 14.4. The molecule has 1 aromatic heterocycles. The van der Waals surface area contributed by atoms with Crippen LogP contribution in [0.5, 0.6) is 0 Å². The molecule has 0 bridgehead atoms. The topological polar surface area (TPSA) is 148 Å². The molecule has 0 saturated heterocycles. The minimum absolute atomic E-state index is 0.0368. The summed E-state index contributed by atoms with van der Waals surface area (Å²) < 4.78 is 37.5. The highest BCUT2D eigenvalue weighted by atomic mass is 19.4. The van der Waals surface area contributed by atoms with Gasteiger partial charge in [-0.2, -0.15) is 18.2 Å². The van der Waals surface area contributed by atoms with Crippen LogP contribution in [0.25, 0.3) is 0 Å². The van der Waals surface area contributed by atoms with Crippen LogP contribution in [-0.4, -0.2) is 40.5 Å². The van der Waals surface area contributed by atoms with Crippen molar-refractivity contribution in [3.05, 3.63) is 36.0 Å². The van der Waals surface area contributed by atoms with Gasteiger partial charge in [-0.1, -0.05) is 13.8 Å². The monoisotopic (exact) mass is 439 g/mol. The van der Waals surface area contributed by atoms with Gasteiger partial charge >= 0.3 is 6.18 Å². The molecule has 0 fully saturated rings. The lowest BCUT2D eigenvalue weighted by Crippen LogP contribution is -2.36. The summed E-state index contributed by atoms with van der Waals surface area (Å²) in [5.74, 6) is -1.52. The van der Waals surface area contributed by atoms with Crippen molar-refractivity contribution in [2.24, 2.45) is 17.4 Å². The fourth-order valence-corrected chi connectivity index (χ4v) is 2.64. The number of alkyl halides is 3. The van der Waals surface area contributed by atoms with Crippen LogP contribution in [0, 0.1) is 5.92 Å². The number of hydrogen-bond acceptors (Lipinski definition) is 7. The van der Waals surface area contributed by atoms with E-state index in [1.165, 1.54) is 0 Å². The number of rotatable bonds is 10. The molecule has 0 aliphatic heterocycles. The first kappa shape index (κ1) is 23.7. The molecule has 0 radical (unpaired) electrons. The number of benzene rings is 1. The molecule has 1 atom stereocenters. The Morgan fingerprint density at radius 3 is 2.23 bits per heavy atom. The van der Waals surface area contributed by atoms with E-state index in [-0.39, 0.29) is 23.2 Å². The normalized spacial score (nSPS) is 12.3. The van der Waals surface area contributed by atoms with Crippen LogP contribution in [0.1, 0.15) is 30.6 Å². The van der Waals surface area contributed by atoms with Crippen molar-refractivity contribution >= 4 is 35.0 Å². The summed E-state index contributed by atoms with van der Waals surface area (Å²) in [6, 6.07) is 6.18. The number of primary amides is 2. The fraction of sp³-hybridized carbons (Fsp3) is 0.368. The van der Waals surface area contributed by atoms with E-state index in [1.807, 2.05) is 19.2 Å². The standard InChI is InChI=1S/C19H24F3N7O2/c1-10(2)7-14(16(24)31)27-11-3-5-12(6-4-11)28-18-25-8-13(15(23)30)17(29-18)26-9-19(20,21)22/h3-6,8,10,14,27H,7,9H2,1-2H3,(H2,23,30)(H2,24,31)(H2,25,26,28,29)/t14-/m0/s1. The Hall–Kier alpha value is -3.57. The number of carbonyl (C=O) groups is 2. The first-order valence-electron chi connectivity index (χ1n) is 9.35. The number of amides is 2. The molecule has 7 N–H and O–H groups in total. The zero-order valence-corrected chi connectivity index (χ0v) is 17.0. The summed E-state index contributed by atoms with van der Waals surface area (Å²) in [6.07, 6.45) is -2.90. The predicted molar refractivity (Wildman–Crippen MR) is 111 cm³/mol. The maximum atomic E-state index is 12.5. The van der Waals surface area contributed by atoms with Gasteiger partial charge in [-0.15, -0.1) is 0 Å². The molecule has 2 amide bonds. The van der Waals surface area contributed by atoms with E-state index in [9.17, 15) is 22.8 Å². The molecule has 1 aromatic carbocycles. The number of carbonyl (C=O) groups excluding carboxylic acids is 2. The summed E-state index contributed by atoms with van der Waals surface area (Å²) in [5.41, 5.74) is 11.5. The fourth-order valence-electron chi connectivity index (χ4n) is 2.64. The van der Waals surface area contributed by atoms with E-state index in [4.69, 9.17) is 11.5 Å². The highest BCUT2D eigenvalue weighted by molar-refractivity contribution is 5.97. The van der Waals surface area contributed by atoms with Gasteiger partial charge in [0, 0.05) is 17.6 Å². The van der Waals surface area contributed by atoms with Crippen molar-refractivity contribution in [3.63, 3.8) is 0 Å². The number of anilines is 4. The third-order valence-corrected chi connectivity index (χ3v) is 4.04. The maximum absolute atomic E-state index is 12.5. The predicted octanol–water partition coefficient (Wildman–Crippen LogP) is 2.61. The maximum Gasteiger partial charge on any atom is 0.405 e. The number of hydrogen-bond donors (Lipinski definition) is 5. The number of halogens is 3. The molecule has 168 valence electrons. The Bertz CT molecular complexity index is 918. The average Bonchev–Trinajstić information content (AvgIpc) is 2.66. The number of aromatic nitrogens is 2. The van der Waals surface area contributed by atoms with Crippen LogP contribution >= 0.6 is 0 Å². The Morgan fingerprint density at radius 2 is 1.71 bits per heavy atom. The van der Waals surface area contributed by atoms with Crippen molar-refractivity contribution in [1.29, 1.82) is 0 Å². The molecule has 0 saturated carbocycles. The molecule has 2 aromatic rings. The Kier molecular flexibility index (Phi) is 7.61. The second kappa shape index (κ2) is 9.96. The Labute approximate surface area is 176 Å². The smallest absolute Gasteiger partial charge is 0.374 e. The molecular formula is C19H24F3N7O2. The molecule has 0 spiro atoms. The summed E-state index contributed by atoms with van der Waals surface area (Å²) in [7, 11) is 0. The lowest BCUT2D eigenvalue weighted by Gasteiger charge is -2.19. The summed E-state index contributed by atoms with van der Waals surface area (Å²) in [6.45, 7) is 2.57. The zero-order valence-electron chi connectivity index (χ0n) is 17.0. The van der Waals surface area contributed by atoms with Crippen LogP contribution in [0.3, 0.4) is 0 Å². The van der Waals surface area contributed by atoms with Crippen LogP contribution in [0.2, 0.25) is 0 Å². The third-order valence-electron chi connectivity index (χ3n) is 4.04. The van der Waals surface area contributed by atoms with E-state index in [0.29, 0.717) is 17.8 Å². The van der Waals surface area contributed by atoms with Gasteiger partial charge in [0.1, 0.15) is 18.4 Å². The lowest BCUT2D eigenvalue weighted by atomic mass is 10.0. The second-order valence-electron chi connectivity index (χ2n) is 7.22. The van der Waals surface area contributed by atoms with Crippen molar-refractivity contribution < 1.29 is 22.8 Å². The highest BCUT2D eigenvalue weighted by Crippen LogP contribution is 2.22. The van der Waals surface area contributed by atoms with Gasteiger partial charge in [0.2, 0.25) is 11.9 Å². The summed E-state index contributed by atoms with van der Waals surface area (Å²) >= 11 is 0. The molecular weight excluding hydrogens is 415 g/mol. The van der Waals surface area contributed by atoms with Gasteiger partial charge in [0.05, 0.1) is 5.56 Å². The van der Waals surface area contributed by atoms with E-state index in [1.54, 1.807) is 24.3 Å². The quantitative estimate of drug-likeness (QED) is 0.382. The van der Waals surface area contributed by atoms with Crippen LogP contribution in [0.15, 0.2) is 30.5 Å². The minimum atomic E-state index is -4.51. The third kappa shape index (κ3) is 7.64. The zero-order chi connectivity index (χ0) is 23.2. The second-order valence-corrected chi connectivity index (χ2v) is 7.22. The molecule has 12 heteroatoms. The largest absolute Gasteiger partial charge is 0.405 e. The molecule has 0 unspecified atom stereocenters. The molecule has 0 aliphatic rings. The van der Waals surface area contributed by atoms with Crippen LogP contribution in [-0.2, 0) is 4.79 Å². The van der Waals surface area contributed by atoms with Gasteiger partial charge in [-0.05, 0) is 36.6 Å². The van der Waals surface area contributed by atoms with Crippen molar-refractivity contribution in [2.45, 2.75) is 32.5 Å². The van der Waals surface area contributed by atoms with Crippen molar-refractivity contribution in [2.75, 3.05) is 22.5 Å². The van der Waals surface area contributed by atoms with Crippen molar-refractivity contribution in [1.82, 2.24) is 9.97 Å². The molecule has 2 rings (SSSR count). The van der Waals surface area contributed by atoms with Crippen LogP contribution < -0.4 is 27.4 Å². The van der Waals surface area contributed by atoms with E-state index < -0.39 is 30.6 Å². The molecule has 0 aliphatic carbocycles.